The number of halogens is 1. The van der Waals surface area contributed by atoms with Crippen LogP contribution in [0.3, 0.4) is 0 Å². The number of amides is 1. The zero-order chi connectivity index (χ0) is 28.8. The first-order chi connectivity index (χ1) is 19.8. The second-order valence-corrected chi connectivity index (χ2v) is 11.4. The predicted octanol–water partition coefficient (Wildman–Crippen LogP) is 4.70. The van der Waals surface area contributed by atoms with E-state index in [2.05, 4.69) is 47.4 Å². The van der Waals surface area contributed by atoms with Gasteiger partial charge < -0.3 is 15.4 Å². The fraction of sp³-hybridized carbons (Fsp3) is 0.400. The minimum absolute atomic E-state index is 0.0301. The van der Waals surface area contributed by atoms with E-state index in [1.165, 1.54) is 6.08 Å². The van der Waals surface area contributed by atoms with Crippen molar-refractivity contribution in [3.05, 3.63) is 64.6 Å². The molecule has 1 aromatic carbocycles. The lowest BCUT2D eigenvalue weighted by Gasteiger charge is -2.32. The Morgan fingerprint density at radius 1 is 1.27 bits per heavy atom. The Balaban J connectivity index is 1.50. The second kappa shape index (κ2) is 10.8. The van der Waals surface area contributed by atoms with Crippen LogP contribution in [0.1, 0.15) is 48.3 Å². The molecular formula is C30H35ClN8O2. The number of rotatable bonds is 7. The van der Waals surface area contributed by atoms with Crippen LogP contribution in [-0.4, -0.2) is 67.4 Å². The van der Waals surface area contributed by atoms with Crippen LogP contribution < -0.4 is 5.73 Å². The molecule has 11 heteroatoms. The van der Waals surface area contributed by atoms with Crippen LogP contribution in [0.4, 0.5) is 5.82 Å². The number of aromatic nitrogens is 6. The molecule has 41 heavy (non-hydrogen) atoms. The summed E-state index contributed by atoms with van der Waals surface area (Å²) in [5.74, 6) is 0.506. The van der Waals surface area contributed by atoms with E-state index >= 15 is 0 Å². The van der Waals surface area contributed by atoms with Crippen LogP contribution in [0.5, 0.6) is 0 Å². The largest absolute Gasteiger partial charge is 0.383 e. The van der Waals surface area contributed by atoms with Gasteiger partial charge in [0.25, 0.3) is 0 Å². The number of piperidine rings is 1. The number of allylic oxidation sites excluding steroid dienone is 1. The van der Waals surface area contributed by atoms with Crippen molar-refractivity contribution in [2.24, 2.45) is 5.92 Å². The number of hydrogen-bond donors (Lipinski definition) is 2. The first-order valence-corrected chi connectivity index (χ1v) is 14.4. The van der Waals surface area contributed by atoms with Crippen molar-refractivity contribution >= 4 is 39.8 Å². The highest BCUT2D eigenvalue weighted by atomic mass is 35.5. The molecule has 1 saturated heterocycles. The zero-order valence-corrected chi connectivity index (χ0v) is 24.4. The molecule has 0 saturated carbocycles. The Bertz CT molecular complexity index is 1670. The highest BCUT2D eigenvalue weighted by Crippen LogP contribution is 2.47. The van der Waals surface area contributed by atoms with Gasteiger partial charge in [-0.3, -0.25) is 19.3 Å². The summed E-state index contributed by atoms with van der Waals surface area (Å²) in [6.45, 7) is 10.4. The smallest absolute Gasteiger partial charge is 0.245 e. The maximum atomic E-state index is 12.2. The molecule has 1 aliphatic carbocycles. The molecule has 3 N–H and O–H groups in total. The minimum Gasteiger partial charge on any atom is -0.383 e. The third-order valence-corrected chi connectivity index (χ3v) is 8.91. The summed E-state index contributed by atoms with van der Waals surface area (Å²) in [5, 5.41) is 19.2. The van der Waals surface area contributed by atoms with E-state index in [0.29, 0.717) is 32.1 Å². The van der Waals surface area contributed by atoms with Crippen molar-refractivity contribution in [2.75, 3.05) is 32.5 Å². The minimum atomic E-state index is -0.0301. The number of nitrogen functional groups attached to an aromatic ring is 1. The van der Waals surface area contributed by atoms with Gasteiger partial charge in [-0.2, -0.15) is 15.3 Å². The molecule has 1 atom stereocenters. The summed E-state index contributed by atoms with van der Waals surface area (Å²) in [6.07, 6.45) is 5.76. The molecule has 0 bridgehead atoms. The van der Waals surface area contributed by atoms with Crippen molar-refractivity contribution in [3.8, 4) is 11.3 Å². The third kappa shape index (κ3) is 4.74. The molecule has 1 fully saturated rings. The standard InChI is InChI=1S/C30H35ClN8O2/c1-5-24(40)37-10-8-21(9-11-37)39-18(3)25(27-26-23(33-34-30(26)32)14-17(2)28(27)31)29(36-39)19-6-7-22-20(15-19)16-38(35-22)12-13-41-4/h5-7,15-17,21H,1,8-14H2,2-4H3,(H3,32,33,34). The molecule has 1 amide bonds. The van der Waals surface area contributed by atoms with E-state index in [-0.39, 0.29) is 17.9 Å². The molecular weight excluding hydrogens is 540 g/mol. The summed E-state index contributed by atoms with van der Waals surface area (Å²) in [4.78, 5) is 14.1. The van der Waals surface area contributed by atoms with Crippen molar-refractivity contribution < 1.29 is 9.53 Å². The highest BCUT2D eigenvalue weighted by Gasteiger charge is 2.34. The van der Waals surface area contributed by atoms with E-state index in [1.807, 2.05) is 21.8 Å². The van der Waals surface area contributed by atoms with Crippen LogP contribution in [-0.2, 0) is 22.5 Å². The SMILES string of the molecule is C=CC(=O)N1CCC(n2nc(-c3ccc4nn(CCOC)cc4c3)c(C3=C(Cl)C(C)Cc4[nH]nc(N)c43)c2C)CC1. The number of carbonyl (C=O) groups is 1. The average molecular weight is 575 g/mol. The van der Waals surface area contributed by atoms with Gasteiger partial charge in [0.15, 0.2) is 5.82 Å². The number of fused-ring (bicyclic) bond motifs is 2. The number of methoxy groups -OCH3 is 1. The molecule has 3 aromatic heterocycles. The number of nitrogens with zero attached hydrogens (tertiary/aromatic N) is 6. The van der Waals surface area contributed by atoms with E-state index in [4.69, 9.17) is 32.3 Å². The van der Waals surface area contributed by atoms with Gasteiger partial charge in [-0.1, -0.05) is 31.2 Å². The predicted molar refractivity (Wildman–Crippen MR) is 160 cm³/mol. The quantitative estimate of drug-likeness (QED) is 0.309. The average Bonchev–Trinajstić information content (AvgIpc) is 3.66. The number of H-pyrrole nitrogens is 1. The molecule has 4 heterocycles. The maximum absolute atomic E-state index is 12.2. The molecule has 1 aliphatic heterocycles. The van der Waals surface area contributed by atoms with Gasteiger partial charge in [0.2, 0.25) is 5.91 Å². The summed E-state index contributed by atoms with van der Waals surface area (Å²) >= 11 is 7.13. The number of anilines is 1. The second-order valence-electron chi connectivity index (χ2n) is 11.0. The summed E-state index contributed by atoms with van der Waals surface area (Å²) in [7, 11) is 1.69. The van der Waals surface area contributed by atoms with E-state index in [1.54, 1.807) is 7.11 Å². The molecule has 1 unspecified atom stereocenters. The molecule has 0 radical (unpaired) electrons. The fourth-order valence-electron chi connectivity index (χ4n) is 6.19. The number of hydrogen-bond acceptors (Lipinski definition) is 6. The van der Waals surface area contributed by atoms with E-state index < -0.39 is 0 Å². The number of ether oxygens (including phenoxy) is 1. The summed E-state index contributed by atoms with van der Waals surface area (Å²) in [6, 6.07) is 6.37. The highest BCUT2D eigenvalue weighted by molar-refractivity contribution is 6.34. The van der Waals surface area contributed by atoms with Gasteiger partial charge in [-0.15, -0.1) is 0 Å². The summed E-state index contributed by atoms with van der Waals surface area (Å²) in [5.41, 5.74) is 13.9. The molecule has 6 rings (SSSR count). The Hall–Kier alpha value is -3.89. The van der Waals surface area contributed by atoms with Gasteiger partial charge >= 0.3 is 0 Å². The number of benzene rings is 1. The first-order valence-electron chi connectivity index (χ1n) is 14.0. The van der Waals surface area contributed by atoms with Crippen LogP contribution in [0, 0.1) is 12.8 Å². The first kappa shape index (κ1) is 27.3. The normalized spacial score (nSPS) is 17.9. The van der Waals surface area contributed by atoms with Crippen LogP contribution in [0.2, 0.25) is 0 Å². The molecule has 10 nitrogen and oxygen atoms in total. The molecule has 214 valence electrons. The number of likely N-dealkylation sites (tertiary alicyclic amines) is 1. The van der Waals surface area contributed by atoms with Crippen LogP contribution >= 0.6 is 11.6 Å². The topological polar surface area (TPSA) is 120 Å². The Morgan fingerprint density at radius 2 is 2.05 bits per heavy atom. The van der Waals surface area contributed by atoms with Crippen molar-refractivity contribution in [1.29, 1.82) is 0 Å². The molecule has 2 aliphatic rings. The Kier molecular flexibility index (Phi) is 7.21. The van der Waals surface area contributed by atoms with E-state index in [9.17, 15) is 4.79 Å². The van der Waals surface area contributed by atoms with Crippen molar-refractivity contribution in [3.63, 3.8) is 0 Å². The summed E-state index contributed by atoms with van der Waals surface area (Å²) < 4.78 is 9.26. The number of carbonyl (C=O) groups excluding carboxylic acids is 1. The monoisotopic (exact) mass is 574 g/mol. The zero-order valence-electron chi connectivity index (χ0n) is 23.7. The Labute approximate surface area is 243 Å². The van der Waals surface area contributed by atoms with Gasteiger partial charge in [-0.05, 0) is 50.3 Å². The van der Waals surface area contributed by atoms with Gasteiger partial charge in [0.1, 0.15) is 5.69 Å². The van der Waals surface area contributed by atoms with Gasteiger partial charge in [0.05, 0.1) is 24.7 Å². The Morgan fingerprint density at radius 3 is 2.78 bits per heavy atom. The number of nitrogens with two attached hydrogens (primary N) is 1. The molecule has 4 aromatic rings. The molecule has 0 spiro atoms. The lowest BCUT2D eigenvalue weighted by Crippen LogP contribution is -2.38. The van der Waals surface area contributed by atoms with Gasteiger partial charge in [0, 0.05) is 70.5 Å². The van der Waals surface area contributed by atoms with Gasteiger partial charge in [-0.25, -0.2) is 0 Å². The van der Waals surface area contributed by atoms with E-state index in [0.717, 1.165) is 74.5 Å². The van der Waals surface area contributed by atoms with Crippen molar-refractivity contribution in [1.82, 2.24) is 34.7 Å². The van der Waals surface area contributed by atoms with Crippen molar-refractivity contribution in [2.45, 2.75) is 45.7 Å². The number of aromatic amines is 1. The maximum Gasteiger partial charge on any atom is 0.245 e. The lowest BCUT2D eigenvalue weighted by molar-refractivity contribution is -0.127. The fourth-order valence-corrected chi connectivity index (χ4v) is 6.45. The number of nitrogens with one attached hydrogen (secondary N) is 1. The lowest BCUT2D eigenvalue weighted by atomic mass is 9.84. The van der Waals surface area contributed by atoms with Crippen LogP contribution in [0.25, 0.3) is 27.7 Å². The third-order valence-electron chi connectivity index (χ3n) is 8.35. The van der Waals surface area contributed by atoms with Crippen LogP contribution in [0.15, 0.2) is 42.1 Å².